The van der Waals surface area contributed by atoms with Crippen LogP contribution in [-0.2, 0) is 16.1 Å². The molecule has 1 saturated carbocycles. The standard InChI is InChI=1S/C21H19N3O3/c22-14-21(10-11-21)20(26)24-13-18(27-17-9-5-4-8-16(17)24)19(25)23-12-15-6-2-1-3-7-15/h1-9,18H,10-13H2,(H,23,25)/t18-/m0/s1. The molecule has 6 nitrogen and oxygen atoms in total. The highest BCUT2D eigenvalue weighted by molar-refractivity contribution is 6.03. The van der Waals surface area contributed by atoms with Gasteiger partial charge in [-0.3, -0.25) is 9.59 Å². The van der Waals surface area contributed by atoms with Crippen LogP contribution in [0.5, 0.6) is 5.75 Å². The van der Waals surface area contributed by atoms with Crippen LogP contribution >= 0.6 is 0 Å². The smallest absolute Gasteiger partial charge is 0.263 e. The highest BCUT2D eigenvalue weighted by atomic mass is 16.5. The summed E-state index contributed by atoms with van der Waals surface area (Å²) >= 11 is 0. The summed E-state index contributed by atoms with van der Waals surface area (Å²) in [4.78, 5) is 27.1. The lowest BCUT2D eigenvalue weighted by Gasteiger charge is -2.35. The van der Waals surface area contributed by atoms with E-state index in [-0.39, 0.29) is 18.4 Å². The van der Waals surface area contributed by atoms with Crippen LogP contribution in [0.25, 0.3) is 0 Å². The van der Waals surface area contributed by atoms with Crippen molar-refractivity contribution >= 4 is 17.5 Å². The molecular formula is C21H19N3O3. The Morgan fingerprint density at radius 2 is 1.85 bits per heavy atom. The summed E-state index contributed by atoms with van der Waals surface area (Å²) in [7, 11) is 0. The van der Waals surface area contributed by atoms with Crippen molar-refractivity contribution in [3.05, 3.63) is 60.2 Å². The van der Waals surface area contributed by atoms with E-state index in [2.05, 4.69) is 11.4 Å². The third-order valence-electron chi connectivity index (χ3n) is 4.99. The third kappa shape index (κ3) is 3.24. The number of rotatable bonds is 4. The molecule has 27 heavy (non-hydrogen) atoms. The number of nitriles is 1. The van der Waals surface area contributed by atoms with E-state index in [9.17, 15) is 14.9 Å². The Kier molecular flexibility index (Phi) is 4.28. The minimum Gasteiger partial charge on any atom is -0.477 e. The van der Waals surface area contributed by atoms with Gasteiger partial charge in [-0.1, -0.05) is 42.5 Å². The van der Waals surface area contributed by atoms with E-state index in [1.54, 1.807) is 18.2 Å². The molecule has 0 saturated heterocycles. The van der Waals surface area contributed by atoms with Gasteiger partial charge in [0.1, 0.15) is 11.2 Å². The fourth-order valence-corrected chi connectivity index (χ4v) is 3.22. The summed E-state index contributed by atoms with van der Waals surface area (Å²) in [5, 5.41) is 12.2. The van der Waals surface area contributed by atoms with E-state index in [4.69, 9.17) is 4.74 Å². The molecule has 1 heterocycles. The molecule has 1 N–H and O–H groups in total. The van der Waals surface area contributed by atoms with Crippen molar-refractivity contribution in [1.82, 2.24) is 5.32 Å². The van der Waals surface area contributed by atoms with Gasteiger partial charge in [0.25, 0.3) is 5.91 Å². The summed E-state index contributed by atoms with van der Waals surface area (Å²) in [5.41, 5.74) is 0.641. The number of para-hydroxylation sites is 2. The van der Waals surface area contributed by atoms with Crippen LogP contribution in [0.1, 0.15) is 18.4 Å². The predicted molar refractivity (Wildman–Crippen MR) is 98.8 cm³/mol. The van der Waals surface area contributed by atoms with Gasteiger partial charge in [0, 0.05) is 6.54 Å². The lowest BCUT2D eigenvalue weighted by molar-refractivity contribution is -0.129. The Hall–Kier alpha value is -3.33. The predicted octanol–water partition coefficient (Wildman–Crippen LogP) is 2.40. The average Bonchev–Trinajstić information content (AvgIpc) is 3.53. The fourth-order valence-electron chi connectivity index (χ4n) is 3.22. The summed E-state index contributed by atoms with van der Waals surface area (Å²) < 4.78 is 5.84. The van der Waals surface area contributed by atoms with Gasteiger partial charge in [0.2, 0.25) is 5.91 Å². The molecule has 136 valence electrons. The number of ether oxygens (including phenoxy) is 1. The topological polar surface area (TPSA) is 82.4 Å². The van der Waals surface area contributed by atoms with Crippen LogP contribution in [0.2, 0.25) is 0 Å². The molecule has 1 fully saturated rings. The van der Waals surface area contributed by atoms with Gasteiger partial charge >= 0.3 is 0 Å². The van der Waals surface area contributed by atoms with Crippen LogP contribution in [-0.4, -0.2) is 24.5 Å². The second kappa shape index (κ2) is 6.76. The SMILES string of the molecule is N#CC1(C(=O)N2C[C@@H](C(=O)NCc3ccccc3)Oc3ccccc32)CC1. The van der Waals surface area contributed by atoms with Crippen molar-refractivity contribution in [2.45, 2.75) is 25.5 Å². The van der Waals surface area contributed by atoms with Crippen molar-refractivity contribution in [1.29, 1.82) is 5.26 Å². The highest BCUT2D eigenvalue weighted by Crippen LogP contribution is 2.48. The normalized spacial score (nSPS) is 19.2. The molecule has 4 rings (SSSR count). The van der Waals surface area contributed by atoms with Gasteiger partial charge in [0.05, 0.1) is 18.3 Å². The monoisotopic (exact) mass is 361 g/mol. The molecule has 0 aromatic heterocycles. The minimum absolute atomic E-state index is 0.0971. The average molecular weight is 361 g/mol. The Balaban J connectivity index is 1.53. The van der Waals surface area contributed by atoms with Crippen molar-refractivity contribution < 1.29 is 14.3 Å². The van der Waals surface area contributed by atoms with Gasteiger partial charge in [-0.15, -0.1) is 0 Å². The number of nitrogens with one attached hydrogen (secondary N) is 1. The zero-order valence-corrected chi connectivity index (χ0v) is 14.7. The van der Waals surface area contributed by atoms with E-state index < -0.39 is 11.5 Å². The number of anilines is 1. The fraction of sp³-hybridized carbons (Fsp3) is 0.286. The van der Waals surface area contributed by atoms with Gasteiger partial charge < -0.3 is 15.0 Å². The third-order valence-corrected chi connectivity index (χ3v) is 4.99. The van der Waals surface area contributed by atoms with Gasteiger partial charge in [-0.2, -0.15) is 5.26 Å². The molecule has 1 atom stereocenters. The highest BCUT2D eigenvalue weighted by Gasteiger charge is 2.54. The van der Waals surface area contributed by atoms with Gasteiger partial charge in [0.15, 0.2) is 6.10 Å². The maximum atomic E-state index is 12.9. The van der Waals surface area contributed by atoms with Crippen LogP contribution in [0.15, 0.2) is 54.6 Å². The quantitative estimate of drug-likeness (QED) is 0.906. The molecule has 0 spiro atoms. The summed E-state index contributed by atoms with van der Waals surface area (Å²) in [5.74, 6) is -0.0553. The first-order chi connectivity index (χ1) is 13.1. The Morgan fingerprint density at radius 3 is 2.56 bits per heavy atom. The van der Waals surface area contributed by atoms with E-state index in [1.165, 1.54) is 4.90 Å². The molecular weight excluding hydrogens is 342 g/mol. The number of benzene rings is 2. The lowest BCUT2D eigenvalue weighted by Crippen LogP contribution is -2.52. The van der Waals surface area contributed by atoms with Crippen LogP contribution < -0.4 is 15.0 Å². The molecule has 2 aliphatic rings. The van der Waals surface area contributed by atoms with E-state index in [0.29, 0.717) is 30.8 Å². The number of hydrogen-bond acceptors (Lipinski definition) is 4. The number of fused-ring (bicyclic) bond motifs is 1. The Labute approximate surface area is 157 Å². The van der Waals surface area contributed by atoms with E-state index in [0.717, 1.165) is 5.56 Å². The molecule has 6 heteroatoms. The molecule has 0 radical (unpaired) electrons. The van der Waals surface area contributed by atoms with Crippen molar-refractivity contribution in [2.24, 2.45) is 5.41 Å². The Bertz CT molecular complexity index is 916. The minimum atomic E-state index is -0.949. The molecule has 0 bridgehead atoms. The van der Waals surface area contributed by atoms with E-state index >= 15 is 0 Å². The lowest BCUT2D eigenvalue weighted by atomic mass is 10.0. The van der Waals surface area contributed by atoms with Crippen LogP contribution in [0.4, 0.5) is 5.69 Å². The van der Waals surface area contributed by atoms with E-state index in [1.807, 2.05) is 36.4 Å². The largest absolute Gasteiger partial charge is 0.477 e. The molecule has 0 unspecified atom stereocenters. The second-order valence-corrected chi connectivity index (χ2v) is 6.89. The molecule has 2 aromatic carbocycles. The Morgan fingerprint density at radius 1 is 1.15 bits per heavy atom. The number of hydrogen-bond donors (Lipinski definition) is 1. The molecule has 1 aliphatic carbocycles. The molecule has 2 aromatic rings. The van der Waals surface area contributed by atoms with Crippen LogP contribution in [0, 0.1) is 16.7 Å². The van der Waals surface area contributed by atoms with Crippen molar-refractivity contribution in [2.75, 3.05) is 11.4 Å². The summed E-state index contributed by atoms with van der Waals surface area (Å²) in [6.07, 6.45) is 0.307. The van der Waals surface area contributed by atoms with Gasteiger partial charge in [-0.25, -0.2) is 0 Å². The maximum absolute atomic E-state index is 12.9. The summed E-state index contributed by atoms with van der Waals surface area (Å²) in [6, 6.07) is 18.8. The number of amides is 2. The second-order valence-electron chi connectivity index (χ2n) is 6.89. The maximum Gasteiger partial charge on any atom is 0.263 e. The number of carbonyl (C=O) groups is 2. The van der Waals surface area contributed by atoms with Gasteiger partial charge in [-0.05, 0) is 30.5 Å². The first kappa shape index (κ1) is 17.1. The number of nitrogens with zero attached hydrogens (tertiary/aromatic N) is 2. The summed E-state index contributed by atoms with van der Waals surface area (Å²) in [6.45, 7) is 0.483. The molecule has 1 aliphatic heterocycles. The van der Waals surface area contributed by atoms with Crippen molar-refractivity contribution in [3.8, 4) is 11.8 Å². The van der Waals surface area contributed by atoms with Crippen molar-refractivity contribution in [3.63, 3.8) is 0 Å². The number of carbonyl (C=O) groups excluding carboxylic acids is 2. The molecule has 2 amide bonds. The van der Waals surface area contributed by atoms with Crippen LogP contribution in [0.3, 0.4) is 0 Å². The zero-order chi connectivity index (χ0) is 18.9. The first-order valence-corrected chi connectivity index (χ1v) is 8.93. The first-order valence-electron chi connectivity index (χ1n) is 8.93. The zero-order valence-electron chi connectivity index (χ0n) is 14.7.